The standard InChI is InChI=1S/C28H25F5N4O8S2/c1-42-17-4-3-15-21(46-24(35-15)37-7-2-8-47(40,41)13-37)20(17)23(39)34-16-10-19-18(44-28(32,33)45-19)9-14(16)22(38)36-25-5-6-26(11-25,43-12-25)27(29,30)31/h3-4,9-10H,2,5-8,11-13H2,1H3,(H,34,39)(H,36,38). The number of benzene rings is 2. The normalized spacial score (nSPS) is 25.6. The molecule has 1 aliphatic carbocycles. The lowest BCUT2D eigenvalue weighted by Crippen LogP contribution is -2.48. The highest BCUT2D eigenvalue weighted by Gasteiger charge is 2.68. The molecule has 3 fully saturated rings. The average molecular weight is 705 g/mol. The summed E-state index contributed by atoms with van der Waals surface area (Å²) in [6.07, 6.45) is -9.31. The van der Waals surface area contributed by atoms with E-state index in [-0.39, 0.29) is 47.0 Å². The van der Waals surface area contributed by atoms with Gasteiger partial charge in [0, 0.05) is 19.0 Å². The topological polar surface area (TPSA) is 145 Å². The molecule has 0 spiro atoms. The van der Waals surface area contributed by atoms with Crippen molar-refractivity contribution < 1.29 is 58.9 Å². The molecule has 3 aromatic rings. The van der Waals surface area contributed by atoms with Crippen molar-refractivity contribution in [3.63, 3.8) is 0 Å². The number of ether oxygens (including phenoxy) is 4. The van der Waals surface area contributed by atoms with Gasteiger partial charge in [-0.2, -0.15) is 13.2 Å². The molecule has 4 aliphatic rings. The number of hydrogen-bond acceptors (Lipinski definition) is 11. The molecule has 1 aromatic heterocycles. The lowest BCUT2D eigenvalue weighted by Gasteiger charge is -2.30. The minimum absolute atomic E-state index is 0.0449. The number of aromatic nitrogens is 1. The SMILES string of the molecule is COc1ccc2nc(N3CCCS(=O)(=O)C3)sc2c1C(=O)Nc1cc2c(cc1C(=O)NC13CCC(C(F)(F)F)(C1)OC3)OC(F)(F)O2. The first-order chi connectivity index (χ1) is 22.0. The predicted octanol–water partition coefficient (Wildman–Crippen LogP) is 4.44. The van der Waals surface area contributed by atoms with Gasteiger partial charge < -0.3 is 34.5 Å². The highest BCUT2D eigenvalue weighted by Crippen LogP contribution is 2.55. The predicted molar refractivity (Wildman–Crippen MR) is 156 cm³/mol. The molecule has 252 valence electrons. The number of sulfone groups is 1. The molecule has 7 rings (SSSR count). The Kier molecular flexibility index (Phi) is 7.07. The summed E-state index contributed by atoms with van der Waals surface area (Å²) in [6, 6.07) is 4.90. The number of rotatable bonds is 6. The summed E-state index contributed by atoms with van der Waals surface area (Å²) >= 11 is 1.04. The molecule has 2 aromatic carbocycles. The van der Waals surface area contributed by atoms with E-state index in [1.54, 1.807) is 11.0 Å². The van der Waals surface area contributed by atoms with Crippen molar-refractivity contribution in [1.29, 1.82) is 0 Å². The van der Waals surface area contributed by atoms with Crippen LogP contribution in [0, 0.1) is 0 Å². The Morgan fingerprint density at radius 1 is 1.11 bits per heavy atom. The summed E-state index contributed by atoms with van der Waals surface area (Å²) in [5.41, 5.74) is -4.19. The number of nitrogens with one attached hydrogen (secondary N) is 2. The summed E-state index contributed by atoms with van der Waals surface area (Å²) in [5, 5.41) is 5.45. The van der Waals surface area contributed by atoms with Gasteiger partial charge in [0.1, 0.15) is 17.2 Å². The Morgan fingerprint density at radius 3 is 2.49 bits per heavy atom. The Labute approximate surface area is 267 Å². The van der Waals surface area contributed by atoms with Gasteiger partial charge in [0.2, 0.25) is 0 Å². The second-order valence-corrected chi connectivity index (χ2v) is 15.0. The molecule has 3 aliphatic heterocycles. The van der Waals surface area contributed by atoms with Crippen LogP contribution in [-0.4, -0.2) is 80.7 Å². The van der Waals surface area contributed by atoms with Gasteiger partial charge >= 0.3 is 12.5 Å². The molecule has 4 heterocycles. The van der Waals surface area contributed by atoms with Crippen LogP contribution in [0.15, 0.2) is 24.3 Å². The van der Waals surface area contributed by atoms with E-state index in [9.17, 15) is 40.0 Å². The smallest absolute Gasteiger partial charge is 0.496 e. The van der Waals surface area contributed by atoms with Crippen LogP contribution in [0.1, 0.15) is 46.4 Å². The highest BCUT2D eigenvalue weighted by atomic mass is 32.2. The fourth-order valence-corrected chi connectivity index (χ4v) is 9.04. The molecule has 47 heavy (non-hydrogen) atoms. The van der Waals surface area contributed by atoms with Crippen molar-refractivity contribution in [3.8, 4) is 17.2 Å². The highest BCUT2D eigenvalue weighted by molar-refractivity contribution is 7.91. The van der Waals surface area contributed by atoms with Crippen molar-refractivity contribution >= 4 is 54.0 Å². The maximum absolute atomic E-state index is 14.0. The lowest BCUT2D eigenvalue weighted by molar-refractivity contribution is -0.286. The van der Waals surface area contributed by atoms with Gasteiger partial charge in [0.05, 0.1) is 46.5 Å². The zero-order valence-corrected chi connectivity index (χ0v) is 26.0. The summed E-state index contributed by atoms with van der Waals surface area (Å²) in [7, 11) is -2.03. The summed E-state index contributed by atoms with van der Waals surface area (Å²) in [6.45, 7) is 0.00241. The van der Waals surface area contributed by atoms with Crippen molar-refractivity contribution in [2.75, 3.05) is 42.1 Å². The quantitative estimate of drug-likeness (QED) is 0.353. The van der Waals surface area contributed by atoms with E-state index in [2.05, 4.69) is 25.1 Å². The Morgan fingerprint density at radius 2 is 1.85 bits per heavy atom. The second-order valence-electron chi connectivity index (χ2n) is 11.8. The van der Waals surface area contributed by atoms with Crippen LogP contribution < -0.4 is 29.7 Å². The van der Waals surface area contributed by atoms with E-state index in [1.807, 2.05) is 0 Å². The van der Waals surface area contributed by atoms with Crippen LogP contribution in [0.3, 0.4) is 0 Å². The zero-order valence-electron chi connectivity index (χ0n) is 24.3. The monoisotopic (exact) mass is 704 g/mol. The average Bonchev–Trinajstić information content (AvgIpc) is 3.74. The third-order valence-corrected chi connectivity index (χ3v) is 11.4. The summed E-state index contributed by atoms with van der Waals surface area (Å²) < 4.78 is 114. The van der Waals surface area contributed by atoms with Crippen molar-refractivity contribution in [2.24, 2.45) is 0 Å². The molecule has 2 atom stereocenters. The minimum atomic E-state index is -4.67. The Hall–Kier alpha value is -3.97. The van der Waals surface area contributed by atoms with E-state index >= 15 is 0 Å². The number of halogens is 5. The van der Waals surface area contributed by atoms with Gasteiger partial charge in [0.25, 0.3) is 11.8 Å². The Balaban J connectivity index is 1.23. The fraction of sp³-hybridized carbons (Fsp3) is 0.464. The number of methoxy groups -OCH3 is 1. The van der Waals surface area contributed by atoms with E-state index in [1.165, 1.54) is 13.2 Å². The number of carbonyl (C=O) groups excluding carboxylic acids is 2. The molecule has 2 amide bonds. The fourth-order valence-electron chi connectivity index (χ4n) is 6.41. The zero-order chi connectivity index (χ0) is 33.6. The summed E-state index contributed by atoms with van der Waals surface area (Å²) in [4.78, 5) is 33.6. The van der Waals surface area contributed by atoms with Gasteiger partial charge in [-0.15, -0.1) is 8.78 Å². The molecule has 19 heteroatoms. The van der Waals surface area contributed by atoms with Crippen LogP contribution in [0.2, 0.25) is 0 Å². The first-order valence-corrected chi connectivity index (χ1v) is 16.9. The first kappa shape index (κ1) is 31.6. The number of hydrogen-bond donors (Lipinski definition) is 2. The van der Waals surface area contributed by atoms with Gasteiger partial charge in [-0.3, -0.25) is 9.59 Å². The molecule has 2 unspecified atom stereocenters. The maximum Gasteiger partial charge on any atom is 0.586 e. The molecule has 2 N–H and O–H groups in total. The molecule has 1 saturated carbocycles. The third-order valence-electron chi connectivity index (χ3n) is 8.65. The van der Waals surface area contributed by atoms with Crippen LogP contribution in [0.4, 0.5) is 32.8 Å². The van der Waals surface area contributed by atoms with E-state index < -0.39 is 69.8 Å². The number of anilines is 2. The van der Waals surface area contributed by atoms with Crippen LogP contribution in [-0.2, 0) is 14.6 Å². The van der Waals surface area contributed by atoms with Gasteiger partial charge in [0.15, 0.2) is 32.1 Å². The number of nitrogens with zero attached hydrogens (tertiary/aromatic N) is 2. The van der Waals surface area contributed by atoms with Gasteiger partial charge in [-0.25, -0.2) is 13.4 Å². The number of carbonyl (C=O) groups is 2. The van der Waals surface area contributed by atoms with Crippen LogP contribution in [0.25, 0.3) is 10.2 Å². The van der Waals surface area contributed by atoms with Gasteiger partial charge in [-0.1, -0.05) is 11.3 Å². The lowest BCUT2D eigenvalue weighted by atomic mass is 9.97. The van der Waals surface area contributed by atoms with Crippen LogP contribution >= 0.6 is 11.3 Å². The molecule has 0 radical (unpaired) electrons. The molecule has 12 nitrogen and oxygen atoms in total. The summed E-state index contributed by atoms with van der Waals surface area (Å²) in [5.74, 6) is -2.97. The van der Waals surface area contributed by atoms with Crippen molar-refractivity contribution in [1.82, 2.24) is 10.3 Å². The number of fused-ring (bicyclic) bond motifs is 4. The largest absolute Gasteiger partial charge is 0.586 e. The van der Waals surface area contributed by atoms with E-state index in [0.29, 0.717) is 28.3 Å². The molecular weight excluding hydrogens is 679 g/mol. The van der Waals surface area contributed by atoms with Gasteiger partial charge in [-0.05, 0) is 37.5 Å². The second kappa shape index (κ2) is 10.5. The first-order valence-electron chi connectivity index (χ1n) is 14.2. The number of amides is 2. The molecular formula is C28H25F5N4O8S2. The van der Waals surface area contributed by atoms with Crippen molar-refractivity contribution in [2.45, 2.75) is 49.3 Å². The molecule has 2 bridgehead atoms. The van der Waals surface area contributed by atoms with Crippen molar-refractivity contribution in [3.05, 3.63) is 35.4 Å². The Bertz CT molecular complexity index is 1930. The maximum atomic E-state index is 14.0. The van der Waals surface area contributed by atoms with E-state index in [4.69, 9.17) is 9.47 Å². The number of alkyl halides is 5. The molecule has 2 saturated heterocycles. The number of thiazole rings is 1. The van der Waals surface area contributed by atoms with Crippen LogP contribution in [0.5, 0.6) is 17.2 Å². The minimum Gasteiger partial charge on any atom is -0.496 e. The third kappa shape index (κ3) is 5.46. The van der Waals surface area contributed by atoms with E-state index in [0.717, 1.165) is 23.5 Å².